The van der Waals surface area contributed by atoms with Crippen molar-refractivity contribution in [3.8, 4) is 0 Å². The first-order valence-electron chi connectivity index (χ1n) is 6.19. The van der Waals surface area contributed by atoms with Gasteiger partial charge in [0.05, 0.1) is 29.2 Å². The predicted octanol–water partition coefficient (Wildman–Crippen LogP) is 3.58. The molecule has 0 amide bonds. The summed E-state index contributed by atoms with van der Waals surface area (Å²) in [5.74, 6) is 0.880. The summed E-state index contributed by atoms with van der Waals surface area (Å²) in [6, 6.07) is 11.6. The molecule has 0 saturated carbocycles. The van der Waals surface area contributed by atoms with Crippen LogP contribution in [0.15, 0.2) is 53.3 Å². The first kappa shape index (κ1) is 11.6. The number of rotatable bonds is 3. The van der Waals surface area contributed by atoms with Crippen molar-refractivity contribution in [1.82, 2.24) is 4.98 Å². The second kappa shape index (κ2) is 4.65. The molecule has 3 aromatic rings. The molecule has 1 unspecified atom stereocenters. The zero-order chi connectivity index (χ0) is 13.2. The van der Waals surface area contributed by atoms with E-state index in [2.05, 4.69) is 10.3 Å². The van der Waals surface area contributed by atoms with Gasteiger partial charge >= 0.3 is 0 Å². The molecule has 0 spiro atoms. The van der Waals surface area contributed by atoms with Gasteiger partial charge in [0.25, 0.3) is 0 Å². The third-order valence-corrected chi connectivity index (χ3v) is 3.17. The van der Waals surface area contributed by atoms with Gasteiger partial charge in [-0.15, -0.1) is 0 Å². The second-order valence-corrected chi connectivity index (χ2v) is 4.48. The molecule has 3 N–H and O–H groups in total. The maximum atomic E-state index is 6.19. The number of nitrogens with one attached hydrogen (secondary N) is 1. The molecule has 3 rings (SSSR count). The summed E-state index contributed by atoms with van der Waals surface area (Å²) in [7, 11) is 0. The largest absolute Gasteiger partial charge is 0.467 e. The van der Waals surface area contributed by atoms with Gasteiger partial charge < -0.3 is 15.5 Å². The van der Waals surface area contributed by atoms with Crippen molar-refractivity contribution in [2.75, 3.05) is 11.1 Å². The number of hydrogen-bond acceptors (Lipinski definition) is 4. The van der Waals surface area contributed by atoms with E-state index in [1.807, 2.05) is 43.3 Å². The fraction of sp³-hybridized carbons (Fsp3) is 0.133. The lowest BCUT2D eigenvalue weighted by atomic mass is 10.1. The summed E-state index contributed by atoms with van der Waals surface area (Å²) in [4.78, 5) is 4.29. The lowest BCUT2D eigenvalue weighted by molar-refractivity contribution is 0.490. The number of aromatic nitrogens is 1. The molecule has 1 atom stereocenters. The van der Waals surface area contributed by atoms with Crippen LogP contribution in [0, 0.1) is 0 Å². The van der Waals surface area contributed by atoms with Crippen LogP contribution in [0.4, 0.5) is 11.4 Å². The number of benzene rings is 1. The second-order valence-electron chi connectivity index (χ2n) is 4.48. The van der Waals surface area contributed by atoms with Gasteiger partial charge in [-0.25, -0.2) is 0 Å². The Balaban J connectivity index is 1.95. The number of anilines is 2. The lowest BCUT2D eigenvalue weighted by Gasteiger charge is -2.15. The van der Waals surface area contributed by atoms with Crippen molar-refractivity contribution in [2.45, 2.75) is 13.0 Å². The van der Waals surface area contributed by atoms with Gasteiger partial charge in [-0.3, -0.25) is 4.98 Å². The zero-order valence-electron chi connectivity index (χ0n) is 10.6. The highest BCUT2D eigenvalue weighted by Crippen LogP contribution is 2.30. The predicted molar refractivity (Wildman–Crippen MR) is 76.9 cm³/mol. The molecular weight excluding hydrogens is 238 g/mol. The Morgan fingerprint density at radius 2 is 2.11 bits per heavy atom. The monoisotopic (exact) mass is 253 g/mol. The Morgan fingerprint density at radius 1 is 1.21 bits per heavy atom. The maximum Gasteiger partial charge on any atom is 0.125 e. The summed E-state index contributed by atoms with van der Waals surface area (Å²) < 4.78 is 5.38. The van der Waals surface area contributed by atoms with Gasteiger partial charge in [0.2, 0.25) is 0 Å². The minimum Gasteiger partial charge on any atom is -0.467 e. The number of nitrogen functional groups attached to an aromatic ring is 1. The summed E-state index contributed by atoms with van der Waals surface area (Å²) in [6.45, 7) is 2.03. The van der Waals surface area contributed by atoms with E-state index in [-0.39, 0.29) is 6.04 Å². The molecule has 4 nitrogen and oxygen atoms in total. The van der Waals surface area contributed by atoms with Crippen LogP contribution in [0.2, 0.25) is 0 Å². The molecule has 0 bridgehead atoms. The molecule has 0 aliphatic carbocycles. The van der Waals surface area contributed by atoms with E-state index in [1.54, 1.807) is 12.5 Å². The van der Waals surface area contributed by atoms with Crippen LogP contribution in [0.25, 0.3) is 10.9 Å². The minimum atomic E-state index is 0.0615. The average molecular weight is 253 g/mol. The van der Waals surface area contributed by atoms with Crippen LogP contribution in [0.5, 0.6) is 0 Å². The number of nitrogens with two attached hydrogens (primary N) is 1. The molecule has 1 aromatic carbocycles. The molecule has 0 radical (unpaired) electrons. The number of hydrogen-bond donors (Lipinski definition) is 2. The highest BCUT2D eigenvalue weighted by Gasteiger charge is 2.11. The van der Waals surface area contributed by atoms with Crippen LogP contribution in [-0.4, -0.2) is 4.98 Å². The van der Waals surface area contributed by atoms with Gasteiger partial charge in [0, 0.05) is 11.6 Å². The molecule has 0 fully saturated rings. The third kappa shape index (κ3) is 2.12. The Morgan fingerprint density at radius 3 is 2.89 bits per heavy atom. The summed E-state index contributed by atoms with van der Waals surface area (Å²) >= 11 is 0. The van der Waals surface area contributed by atoms with Crippen molar-refractivity contribution < 1.29 is 4.42 Å². The number of furan rings is 1. The van der Waals surface area contributed by atoms with Crippen molar-refractivity contribution in [1.29, 1.82) is 0 Å². The van der Waals surface area contributed by atoms with E-state index < -0.39 is 0 Å². The van der Waals surface area contributed by atoms with Crippen molar-refractivity contribution in [3.63, 3.8) is 0 Å². The third-order valence-electron chi connectivity index (χ3n) is 3.17. The highest BCUT2D eigenvalue weighted by molar-refractivity contribution is 5.96. The Labute approximate surface area is 111 Å². The smallest absolute Gasteiger partial charge is 0.125 e. The van der Waals surface area contributed by atoms with E-state index in [9.17, 15) is 0 Å². The SMILES string of the molecule is CC(Nc1ccc2ncccc2c1N)c1ccco1. The van der Waals surface area contributed by atoms with Crippen LogP contribution in [0.1, 0.15) is 18.7 Å². The topological polar surface area (TPSA) is 64.1 Å². The van der Waals surface area contributed by atoms with E-state index >= 15 is 0 Å². The van der Waals surface area contributed by atoms with Crippen LogP contribution in [0.3, 0.4) is 0 Å². The normalized spacial score (nSPS) is 12.5. The Hall–Kier alpha value is -2.49. The van der Waals surface area contributed by atoms with Gasteiger partial charge in [0.15, 0.2) is 0 Å². The van der Waals surface area contributed by atoms with Crippen molar-refractivity contribution in [2.24, 2.45) is 0 Å². The number of pyridine rings is 1. The van der Waals surface area contributed by atoms with Gasteiger partial charge in [0.1, 0.15) is 5.76 Å². The molecule has 19 heavy (non-hydrogen) atoms. The number of fused-ring (bicyclic) bond motifs is 1. The molecule has 96 valence electrons. The number of nitrogens with zero attached hydrogens (tertiary/aromatic N) is 1. The Kier molecular flexibility index (Phi) is 2.83. The van der Waals surface area contributed by atoms with Crippen molar-refractivity contribution >= 4 is 22.3 Å². The molecule has 0 aliphatic rings. The quantitative estimate of drug-likeness (QED) is 0.700. The lowest BCUT2D eigenvalue weighted by Crippen LogP contribution is -2.07. The maximum absolute atomic E-state index is 6.19. The molecule has 2 aromatic heterocycles. The first-order valence-corrected chi connectivity index (χ1v) is 6.19. The summed E-state index contributed by atoms with van der Waals surface area (Å²) in [5, 5.41) is 4.32. The first-order chi connectivity index (χ1) is 9.25. The van der Waals surface area contributed by atoms with E-state index in [1.165, 1.54) is 0 Å². The van der Waals surface area contributed by atoms with Crippen LogP contribution in [-0.2, 0) is 0 Å². The van der Waals surface area contributed by atoms with Crippen LogP contribution < -0.4 is 11.1 Å². The van der Waals surface area contributed by atoms with Gasteiger partial charge in [-0.1, -0.05) is 0 Å². The van der Waals surface area contributed by atoms with E-state index in [0.29, 0.717) is 5.69 Å². The Bertz CT molecular complexity index is 692. The highest BCUT2D eigenvalue weighted by atomic mass is 16.3. The zero-order valence-corrected chi connectivity index (χ0v) is 10.6. The summed E-state index contributed by atoms with van der Waals surface area (Å²) in [5.41, 5.74) is 8.69. The van der Waals surface area contributed by atoms with Crippen LogP contribution >= 0.6 is 0 Å². The fourth-order valence-electron chi connectivity index (χ4n) is 2.14. The van der Waals surface area contributed by atoms with E-state index in [0.717, 1.165) is 22.4 Å². The molecule has 0 aliphatic heterocycles. The van der Waals surface area contributed by atoms with Gasteiger partial charge in [-0.05, 0) is 43.3 Å². The fourth-order valence-corrected chi connectivity index (χ4v) is 2.14. The molecular formula is C15H15N3O. The molecule has 0 saturated heterocycles. The summed E-state index contributed by atoms with van der Waals surface area (Å²) in [6.07, 6.45) is 3.43. The molecule has 4 heteroatoms. The molecule has 2 heterocycles. The minimum absolute atomic E-state index is 0.0615. The average Bonchev–Trinajstić information content (AvgIpc) is 2.96. The van der Waals surface area contributed by atoms with Crippen molar-refractivity contribution in [3.05, 3.63) is 54.6 Å². The van der Waals surface area contributed by atoms with Gasteiger partial charge in [-0.2, -0.15) is 0 Å². The van der Waals surface area contributed by atoms with E-state index in [4.69, 9.17) is 10.2 Å². The standard InChI is InChI=1S/C15H15N3O/c1-10(14-5-3-9-19-14)18-13-7-6-12-11(15(13)16)4-2-8-17-12/h2-10,18H,16H2,1H3.